The molecule has 0 atom stereocenters. The molecule has 0 radical (unpaired) electrons. The van der Waals surface area contributed by atoms with Crippen molar-refractivity contribution in [3.8, 4) is 5.75 Å². The number of amides is 1. The predicted molar refractivity (Wildman–Crippen MR) is 91.0 cm³/mol. The van der Waals surface area contributed by atoms with Crippen LogP contribution in [-0.2, 0) is 11.4 Å². The number of carbonyl (C=O) groups excluding carboxylic acids is 1. The lowest BCUT2D eigenvalue weighted by Gasteiger charge is -2.25. The summed E-state index contributed by atoms with van der Waals surface area (Å²) in [6.45, 7) is 3.65. The summed E-state index contributed by atoms with van der Waals surface area (Å²) in [6.07, 6.45) is 0. The van der Waals surface area contributed by atoms with Crippen LogP contribution < -0.4 is 4.74 Å². The van der Waals surface area contributed by atoms with E-state index in [1.165, 1.54) is 4.90 Å². The van der Waals surface area contributed by atoms with Gasteiger partial charge in [-0.05, 0) is 37.6 Å². The summed E-state index contributed by atoms with van der Waals surface area (Å²) in [6, 6.07) is 16.3. The maximum atomic E-state index is 12.6. The van der Waals surface area contributed by atoms with Crippen LogP contribution in [0.5, 0.6) is 5.75 Å². The number of hydrogen-bond acceptors (Lipinski definition) is 3. The highest BCUT2D eigenvalue weighted by molar-refractivity contribution is 5.96. The summed E-state index contributed by atoms with van der Waals surface area (Å²) in [5.41, 5.74) is 1.44. The number of carbonyl (C=O) groups is 2. The molecule has 0 unspecified atom stereocenters. The molecule has 2 rings (SSSR count). The molecule has 0 spiro atoms. The van der Waals surface area contributed by atoms with Crippen LogP contribution in [0.4, 0.5) is 0 Å². The van der Waals surface area contributed by atoms with Crippen LogP contribution in [0.25, 0.3) is 0 Å². The van der Waals surface area contributed by atoms with Gasteiger partial charge in [-0.1, -0.05) is 36.4 Å². The first kappa shape index (κ1) is 17.5. The van der Waals surface area contributed by atoms with E-state index in [2.05, 4.69) is 0 Å². The molecular formula is C19H21NO4. The second-order valence-electron chi connectivity index (χ2n) is 5.72. The number of carboxylic acids is 1. The lowest BCUT2D eigenvalue weighted by atomic mass is 10.1. The minimum absolute atomic E-state index is 0.206. The molecule has 5 heteroatoms. The SMILES string of the molecule is CC(C)N(CC(=O)O)C(=O)c1cccc(OCc2ccccc2)c1. The molecule has 0 fully saturated rings. The Morgan fingerprint density at radius 3 is 2.42 bits per heavy atom. The molecule has 1 N–H and O–H groups in total. The fourth-order valence-electron chi connectivity index (χ4n) is 2.26. The van der Waals surface area contributed by atoms with Crippen molar-refractivity contribution >= 4 is 11.9 Å². The lowest BCUT2D eigenvalue weighted by Crippen LogP contribution is -2.40. The Bertz CT molecular complexity index is 698. The highest BCUT2D eigenvalue weighted by Crippen LogP contribution is 2.17. The van der Waals surface area contributed by atoms with Gasteiger partial charge in [-0.3, -0.25) is 9.59 Å². The topological polar surface area (TPSA) is 66.8 Å². The molecular weight excluding hydrogens is 306 g/mol. The molecule has 0 bridgehead atoms. The number of benzene rings is 2. The fraction of sp³-hybridized carbons (Fsp3) is 0.263. The highest BCUT2D eigenvalue weighted by atomic mass is 16.5. The number of aliphatic carboxylic acids is 1. The van der Waals surface area contributed by atoms with Crippen LogP contribution in [0.15, 0.2) is 54.6 Å². The van der Waals surface area contributed by atoms with E-state index in [4.69, 9.17) is 9.84 Å². The van der Waals surface area contributed by atoms with Crippen LogP contribution in [0.3, 0.4) is 0 Å². The van der Waals surface area contributed by atoms with E-state index in [0.29, 0.717) is 17.9 Å². The van der Waals surface area contributed by atoms with Gasteiger partial charge in [0.15, 0.2) is 0 Å². The number of ether oxygens (including phenoxy) is 1. The molecule has 0 saturated carbocycles. The Hall–Kier alpha value is -2.82. The molecule has 1 amide bonds. The first-order valence-corrected chi connectivity index (χ1v) is 7.77. The summed E-state index contributed by atoms with van der Waals surface area (Å²) < 4.78 is 5.72. The van der Waals surface area contributed by atoms with Gasteiger partial charge in [0, 0.05) is 11.6 Å². The Morgan fingerprint density at radius 1 is 1.08 bits per heavy atom. The van der Waals surface area contributed by atoms with Gasteiger partial charge in [0.25, 0.3) is 5.91 Å². The Labute approximate surface area is 141 Å². The van der Waals surface area contributed by atoms with Crippen LogP contribution in [0.2, 0.25) is 0 Å². The zero-order valence-electron chi connectivity index (χ0n) is 13.8. The first-order chi connectivity index (χ1) is 11.5. The van der Waals surface area contributed by atoms with Crippen molar-refractivity contribution in [2.24, 2.45) is 0 Å². The van der Waals surface area contributed by atoms with Gasteiger partial charge < -0.3 is 14.7 Å². The van der Waals surface area contributed by atoms with Gasteiger partial charge in [0.05, 0.1) is 0 Å². The Balaban J connectivity index is 2.10. The van der Waals surface area contributed by atoms with Gasteiger partial charge in [-0.2, -0.15) is 0 Å². The van der Waals surface area contributed by atoms with E-state index in [9.17, 15) is 9.59 Å². The number of hydrogen-bond donors (Lipinski definition) is 1. The monoisotopic (exact) mass is 327 g/mol. The third-order valence-electron chi connectivity index (χ3n) is 3.52. The second-order valence-corrected chi connectivity index (χ2v) is 5.72. The summed E-state index contributed by atoms with van der Waals surface area (Å²) in [5.74, 6) is -0.783. The molecule has 0 saturated heterocycles. The van der Waals surface area contributed by atoms with E-state index in [1.54, 1.807) is 38.1 Å². The summed E-state index contributed by atoms with van der Waals surface area (Å²) in [4.78, 5) is 24.8. The predicted octanol–water partition coefficient (Wildman–Crippen LogP) is 3.20. The molecule has 126 valence electrons. The molecule has 2 aromatic carbocycles. The van der Waals surface area contributed by atoms with Crippen molar-refractivity contribution in [3.63, 3.8) is 0 Å². The summed E-state index contributed by atoms with van der Waals surface area (Å²) in [5, 5.41) is 8.97. The molecule has 24 heavy (non-hydrogen) atoms. The Kier molecular flexibility index (Phi) is 5.95. The Morgan fingerprint density at radius 2 is 1.79 bits per heavy atom. The van der Waals surface area contributed by atoms with Crippen LogP contribution >= 0.6 is 0 Å². The third kappa shape index (κ3) is 4.84. The lowest BCUT2D eigenvalue weighted by molar-refractivity contribution is -0.138. The third-order valence-corrected chi connectivity index (χ3v) is 3.52. The molecule has 0 aliphatic rings. The molecule has 0 aliphatic carbocycles. The van der Waals surface area contributed by atoms with Crippen molar-refractivity contribution in [1.29, 1.82) is 0 Å². The van der Waals surface area contributed by atoms with Crippen molar-refractivity contribution in [3.05, 3.63) is 65.7 Å². The standard InChI is InChI=1S/C19H21NO4/c1-14(2)20(12-18(21)22)19(23)16-9-6-10-17(11-16)24-13-15-7-4-3-5-8-15/h3-11,14H,12-13H2,1-2H3,(H,21,22). The number of nitrogens with zero attached hydrogens (tertiary/aromatic N) is 1. The minimum atomic E-state index is -1.03. The average Bonchev–Trinajstić information content (AvgIpc) is 2.58. The van der Waals surface area contributed by atoms with E-state index < -0.39 is 5.97 Å². The van der Waals surface area contributed by atoms with Crippen molar-refractivity contribution in [2.45, 2.75) is 26.5 Å². The average molecular weight is 327 g/mol. The first-order valence-electron chi connectivity index (χ1n) is 7.77. The van der Waals surface area contributed by atoms with Crippen molar-refractivity contribution in [2.75, 3.05) is 6.54 Å². The van der Waals surface area contributed by atoms with Gasteiger partial charge in [-0.25, -0.2) is 0 Å². The molecule has 0 heterocycles. The van der Waals surface area contributed by atoms with E-state index >= 15 is 0 Å². The quantitative estimate of drug-likeness (QED) is 0.848. The maximum Gasteiger partial charge on any atom is 0.323 e. The molecule has 2 aromatic rings. The van der Waals surface area contributed by atoms with Crippen LogP contribution in [0, 0.1) is 0 Å². The van der Waals surface area contributed by atoms with Gasteiger partial charge >= 0.3 is 5.97 Å². The smallest absolute Gasteiger partial charge is 0.323 e. The van der Waals surface area contributed by atoms with E-state index in [1.807, 2.05) is 30.3 Å². The minimum Gasteiger partial charge on any atom is -0.489 e. The molecule has 0 aliphatic heterocycles. The normalized spacial score (nSPS) is 10.5. The second kappa shape index (κ2) is 8.15. The zero-order valence-corrected chi connectivity index (χ0v) is 13.8. The maximum absolute atomic E-state index is 12.6. The number of rotatable bonds is 7. The summed E-state index contributed by atoms with van der Waals surface area (Å²) >= 11 is 0. The van der Waals surface area contributed by atoms with Crippen molar-refractivity contribution < 1.29 is 19.4 Å². The van der Waals surface area contributed by atoms with Crippen LogP contribution in [-0.4, -0.2) is 34.5 Å². The van der Waals surface area contributed by atoms with E-state index in [-0.39, 0.29) is 18.5 Å². The fourth-order valence-corrected chi connectivity index (χ4v) is 2.26. The van der Waals surface area contributed by atoms with Crippen LogP contribution in [0.1, 0.15) is 29.8 Å². The van der Waals surface area contributed by atoms with Crippen molar-refractivity contribution in [1.82, 2.24) is 4.90 Å². The zero-order chi connectivity index (χ0) is 17.5. The van der Waals surface area contributed by atoms with Gasteiger partial charge in [0.1, 0.15) is 18.9 Å². The largest absolute Gasteiger partial charge is 0.489 e. The molecule has 5 nitrogen and oxygen atoms in total. The van der Waals surface area contributed by atoms with Gasteiger partial charge in [0.2, 0.25) is 0 Å². The highest BCUT2D eigenvalue weighted by Gasteiger charge is 2.21. The summed E-state index contributed by atoms with van der Waals surface area (Å²) in [7, 11) is 0. The number of carboxylic acid groups (broad SMARTS) is 1. The van der Waals surface area contributed by atoms with Gasteiger partial charge in [-0.15, -0.1) is 0 Å². The van der Waals surface area contributed by atoms with E-state index in [0.717, 1.165) is 5.56 Å². The molecule has 0 aromatic heterocycles.